The monoisotopic (exact) mass is 276 g/mol. The Labute approximate surface area is 120 Å². The van der Waals surface area contributed by atoms with Gasteiger partial charge in [-0.15, -0.1) is 0 Å². The zero-order valence-electron chi connectivity index (χ0n) is 12.6. The highest BCUT2D eigenvalue weighted by Gasteiger charge is 2.19. The lowest BCUT2D eigenvalue weighted by atomic mass is 9.98. The van der Waals surface area contributed by atoms with Gasteiger partial charge in [0.05, 0.1) is 5.60 Å². The van der Waals surface area contributed by atoms with Crippen LogP contribution in [0.2, 0.25) is 0 Å². The van der Waals surface area contributed by atoms with E-state index < -0.39 is 0 Å². The number of hydrogen-bond donors (Lipinski definition) is 2. The van der Waals surface area contributed by atoms with Gasteiger partial charge in [0.2, 0.25) is 0 Å². The summed E-state index contributed by atoms with van der Waals surface area (Å²) in [5.41, 5.74) is 2.96. The molecule has 0 atom stereocenters. The first-order valence-corrected chi connectivity index (χ1v) is 7.26. The fourth-order valence-corrected chi connectivity index (χ4v) is 2.46. The molecular weight excluding hydrogens is 252 g/mol. The van der Waals surface area contributed by atoms with Crippen LogP contribution < -0.4 is 10.6 Å². The van der Waals surface area contributed by atoms with Gasteiger partial charge in [-0.05, 0) is 57.0 Å². The van der Waals surface area contributed by atoms with Crippen LogP contribution in [0.4, 0.5) is 0 Å². The van der Waals surface area contributed by atoms with E-state index in [1.54, 1.807) is 0 Å². The number of hydrogen-bond acceptors (Lipinski definition) is 3. The first-order valence-electron chi connectivity index (χ1n) is 7.26. The molecule has 0 bridgehead atoms. The highest BCUT2D eigenvalue weighted by molar-refractivity contribution is 5.94. The molecule has 1 aliphatic rings. The Morgan fingerprint density at radius 1 is 1.40 bits per heavy atom. The van der Waals surface area contributed by atoms with Crippen molar-refractivity contribution in [3.8, 4) is 0 Å². The van der Waals surface area contributed by atoms with E-state index in [4.69, 9.17) is 4.74 Å². The van der Waals surface area contributed by atoms with E-state index in [1.807, 2.05) is 32.9 Å². The Hall–Kier alpha value is -1.39. The summed E-state index contributed by atoms with van der Waals surface area (Å²) in [7, 11) is 0. The van der Waals surface area contributed by atoms with E-state index in [1.165, 1.54) is 11.1 Å². The standard InChI is InChI=1S/C16H24N2O2/c1-4-20-16(2,3)11-18-15(19)13-6-5-12-7-8-17-10-14(12)9-13/h5-6,9,17H,4,7-8,10-11H2,1-3H3,(H,18,19). The Morgan fingerprint density at radius 2 is 2.20 bits per heavy atom. The van der Waals surface area contributed by atoms with Gasteiger partial charge in [0, 0.05) is 25.3 Å². The van der Waals surface area contributed by atoms with Gasteiger partial charge in [-0.3, -0.25) is 4.79 Å². The van der Waals surface area contributed by atoms with Gasteiger partial charge >= 0.3 is 0 Å². The molecule has 0 saturated heterocycles. The molecule has 0 saturated carbocycles. The molecule has 4 heteroatoms. The van der Waals surface area contributed by atoms with Gasteiger partial charge in [-0.25, -0.2) is 0 Å². The average molecular weight is 276 g/mol. The maximum absolute atomic E-state index is 12.2. The molecule has 1 aromatic carbocycles. The fourth-order valence-electron chi connectivity index (χ4n) is 2.46. The third-order valence-electron chi connectivity index (χ3n) is 3.56. The van der Waals surface area contributed by atoms with Gasteiger partial charge in [0.25, 0.3) is 5.91 Å². The van der Waals surface area contributed by atoms with E-state index in [-0.39, 0.29) is 11.5 Å². The van der Waals surface area contributed by atoms with Gasteiger partial charge in [0.1, 0.15) is 0 Å². The van der Waals surface area contributed by atoms with Crippen LogP contribution in [0.15, 0.2) is 18.2 Å². The van der Waals surface area contributed by atoms with E-state index in [2.05, 4.69) is 16.7 Å². The van der Waals surface area contributed by atoms with Crippen molar-refractivity contribution in [2.45, 2.75) is 39.3 Å². The quantitative estimate of drug-likeness (QED) is 0.863. The second kappa shape index (κ2) is 6.37. The summed E-state index contributed by atoms with van der Waals surface area (Å²) in [5, 5.41) is 6.27. The van der Waals surface area contributed by atoms with Crippen molar-refractivity contribution >= 4 is 5.91 Å². The molecule has 1 heterocycles. The normalized spacial score (nSPS) is 14.8. The SMILES string of the molecule is CCOC(C)(C)CNC(=O)c1ccc2c(c1)CNCC2. The molecule has 0 radical (unpaired) electrons. The summed E-state index contributed by atoms with van der Waals surface area (Å²) < 4.78 is 5.58. The lowest BCUT2D eigenvalue weighted by Crippen LogP contribution is -2.40. The summed E-state index contributed by atoms with van der Waals surface area (Å²) in [4.78, 5) is 12.2. The zero-order chi connectivity index (χ0) is 14.6. The summed E-state index contributed by atoms with van der Waals surface area (Å²) in [6.07, 6.45) is 1.04. The highest BCUT2D eigenvalue weighted by Crippen LogP contribution is 2.16. The Kier molecular flexibility index (Phi) is 4.78. The van der Waals surface area contributed by atoms with E-state index >= 15 is 0 Å². The lowest BCUT2D eigenvalue weighted by molar-refractivity contribution is -0.00815. The first kappa shape index (κ1) is 15.0. The Balaban J connectivity index is 1.99. The molecule has 1 amide bonds. The molecule has 0 aliphatic carbocycles. The molecule has 4 nitrogen and oxygen atoms in total. The molecule has 0 aromatic heterocycles. The van der Waals surface area contributed by atoms with Crippen molar-refractivity contribution in [2.24, 2.45) is 0 Å². The third kappa shape index (κ3) is 3.81. The largest absolute Gasteiger partial charge is 0.374 e. The van der Waals surface area contributed by atoms with Crippen LogP contribution >= 0.6 is 0 Å². The number of amides is 1. The summed E-state index contributed by atoms with van der Waals surface area (Å²) >= 11 is 0. The summed E-state index contributed by atoms with van der Waals surface area (Å²) in [5.74, 6) is -0.0360. The summed E-state index contributed by atoms with van der Waals surface area (Å²) in [6, 6.07) is 5.97. The Bertz CT molecular complexity index is 483. The molecule has 20 heavy (non-hydrogen) atoms. The second-order valence-electron chi connectivity index (χ2n) is 5.79. The van der Waals surface area contributed by atoms with Crippen molar-refractivity contribution in [1.29, 1.82) is 0 Å². The molecular formula is C16H24N2O2. The number of rotatable bonds is 5. The molecule has 1 aromatic rings. The molecule has 0 fully saturated rings. The molecule has 0 spiro atoms. The van der Waals surface area contributed by atoms with Crippen molar-refractivity contribution in [3.63, 3.8) is 0 Å². The first-order chi connectivity index (χ1) is 9.52. The van der Waals surface area contributed by atoms with E-state index in [0.717, 1.165) is 25.1 Å². The van der Waals surface area contributed by atoms with Crippen molar-refractivity contribution in [3.05, 3.63) is 34.9 Å². The topological polar surface area (TPSA) is 50.4 Å². The predicted molar refractivity (Wildman–Crippen MR) is 79.9 cm³/mol. The van der Waals surface area contributed by atoms with Crippen LogP contribution in [0.5, 0.6) is 0 Å². The van der Waals surface area contributed by atoms with Gasteiger partial charge in [-0.2, -0.15) is 0 Å². The lowest BCUT2D eigenvalue weighted by Gasteiger charge is -2.25. The van der Waals surface area contributed by atoms with Crippen LogP contribution in [0, 0.1) is 0 Å². The average Bonchev–Trinajstić information content (AvgIpc) is 2.44. The third-order valence-corrected chi connectivity index (χ3v) is 3.56. The molecule has 2 rings (SSSR count). The Morgan fingerprint density at radius 3 is 2.95 bits per heavy atom. The molecule has 2 N–H and O–H groups in total. The number of fused-ring (bicyclic) bond motifs is 1. The second-order valence-corrected chi connectivity index (χ2v) is 5.79. The van der Waals surface area contributed by atoms with Crippen molar-refractivity contribution in [2.75, 3.05) is 19.7 Å². The minimum atomic E-state index is -0.333. The zero-order valence-corrected chi connectivity index (χ0v) is 12.6. The minimum Gasteiger partial charge on any atom is -0.374 e. The van der Waals surface area contributed by atoms with Crippen LogP contribution in [0.25, 0.3) is 0 Å². The molecule has 0 unspecified atom stereocenters. The summed E-state index contributed by atoms with van der Waals surface area (Å²) in [6.45, 7) is 8.94. The number of ether oxygens (including phenoxy) is 1. The van der Waals surface area contributed by atoms with Gasteiger partial charge < -0.3 is 15.4 Å². The number of carbonyl (C=O) groups is 1. The number of carbonyl (C=O) groups excluding carboxylic acids is 1. The van der Waals surface area contributed by atoms with Crippen molar-refractivity contribution in [1.82, 2.24) is 10.6 Å². The predicted octanol–water partition coefficient (Wildman–Crippen LogP) is 1.88. The van der Waals surface area contributed by atoms with Gasteiger partial charge in [-0.1, -0.05) is 6.07 Å². The van der Waals surface area contributed by atoms with E-state index in [0.29, 0.717) is 13.2 Å². The van der Waals surface area contributed by atoms with Gasteiger partial charge in [0.15, 0.2) is 0 Å². The maximum atomic E-state index is 12.2. The van der Waals surface area contributed by atoms with Crippen molar-refractivity contribution < 1.29 is 9.53 Å². The minimum absolute atomic E-state index is 0.0360. The van der Waals surface area contributed by atoms with Crippen LogP contribution in [0.3, 0.4) is 0 Å². The maximum Gasteiger partial charge on any atom is 0.251 e. The number of nitrogens with one attached hydrogen (secondary N) is 2. The van der Waals surface area contributed by atoms with Crippen LogP contribution in [-0.2, 0) is 17.7 Å². The smallest absolute Gasteiger partial charge is 0.251 e. The fraction of sp³-hybridized carbons (Fsp3) is 0.562. The van der Waals surface area contributed by atoms with Crippen LogP contribution in [-0.4, -0.2) is 31.2 Å². The van der Waals surface area contributed by atoms with Crippen LogP contribution in [0.1, 0.15) is 42.3 Å². The van der Waals surface area contributed by atoms with E-state index in [9.17, 15) is 4.79 Å². The highest BCUT2D eigenvalue weighted by atomic mass is 16.5. The molecule has 1 aliphatic heterocycles. The number of benzene rings is 1. The molecule has 110 valence electrons.